The molecule has 0 aliphatic carbocycles. The monoisotopic (exact) mass is 367 g/mol. The van der Waals surface area contributed by atoms with Crippen molar-refractivity contribution in [2.45, 2.75) is 31.6 Å². The number of carbonyl (C=O) groups is 1. The molecule has 124 valence electrons. The van der Waals surface area contributed by atoms with E-state index in [0.717, 1.165) is 0 Å². The molecule has 0 aliphatic rings. The van der Waals surface area contributed by atoms with Crippen LogP contribution in [0, 0.1) is 6.92 Å². The summed E-state index contributed by atoms with van der Waals surface area (Å²) in [6, 6.07) is 2.91. The van der Waals surface area contributed by atoms with E-state index in [4.69, 9.17) is 27.9 Å². The smallest absolute Gasteiger partial charge is 0.305 e. The maximum absolute atomic E-state index is 12.2. The highest BCUT2D eigenvalue weighted by molar-refractivity contribution is 7.91. The Morgan fingerprint density at radius 3 is 2.64 bits per heavy atom. The second-order valence-electron chi connectivity index (χ2n) is 4.65. The highest BCUT2D eigenvalue weighted by Gasteiger charge is 2.20. The lowest BCUT2D eigenvalue weighted by Crippen LogP contribution is -2.25. The van der Waals surface area contributed by atoms with Crippen molar-refractivity contribution in [3.8, 4) is 0 Å². The number of benzene rings is 1. The van der Waals surface area contributed by atoms with Crippen LogP contribution < -0.4 is 5.32 Å². The van der Waals surface area contributed by atoms with Crippen LogP contribution in [0.2, 0.25) is 10.0 Å². The Bertz CT molecular complexity index is 632. The van der Waals surface area contributed by atoms with Crippen molar-refractivity contribution in [2.24, 2.45) is 0 Å². The molecule has 1 aromatic carbocycles. The van der Waals surface area contributed by atoms with Crippen LogP contribution in [0.1, 0.15) is 25.3 Å². The van der Waals surface area contributed by atoms with Gasteiger partial charge in [-0.05, 0) is 44.5 Å². The van der Waals surface area contributed by atoms with Crippen LogP contribution in [0.5, 0.6) is 0 Å². The van der Waals surface area contributed by atoms with Gasteiger partial charge in [-0.3, -0.25) is 4.79 Å². The molecule has 0 amide bonds. The van der Waals surface area contributed by atoms with Crippen molar-refractivity contribution in [1.82, 2.24) is 5.32 Å². The van der Waals surface area contributed by atoms with E-state index < -0.39 is 9.84 Å². The third-order valence-electron chi connectivity index (χ3n) is 2.95. The summed E-state index contributed by atoms with van der Waals surface area (Å²) in [4.78, 5) is 11.2. The average Bonchev–Trinajstić information content (AvgIpc) is 2.44. The summed E-state index contributed by atoms with van der Waals surface area (Å²) in [5.74, 6) is -0.542. The number of rotatable bonds is 8. The summed E-state index contributed by atoms with van der Waals surface area (Å²) < 4.78 is 29.3. The Balaban J connectivity index is 2.55. The number of hydrogen-bond donors (Lipinski definition) is 1. The molecule has 5 nitrogen and oxygen atoms in total. The van der Waals surface area contributed by atoms with Crippen LogP contribution in [0.4, 0.5) is 0 Å². The zero-order valence-electron chi connectivity index (χ0n) is 12.5. The number of sulfone groups is 1. The van der Waals surface area contributed by atoms with Gasteiger partial charge in [-0.15, -0.1) is 0 Å². The largest absolute Gasteiger partial charge is 0.466 e. The van der Waals surface area contributed by atoms with Gasteiger partial charge in [0, 0.05) is 11.4 Å². The van der Waals surface area contributed by atoms with Crippen molar-refractivity contribution in [2.75, 3.05) is 19.0 Å². The first kappa shape index (κ1) is 19.2. The summed E-state index contributed by atoms with van der Waals surface area (Å²) in [6.45, 7) is 4.13. The predicted molar refractivity (Wildman–Crippen MR) is 87.1 cm³/mol. The topological polar surface area (TPSA) is 72.5 Å². The Labute approximate surface area is 140 Å². The molecular weight excluding hydrogens is 349 g/mol. The van der Waals surface area contributed by atoms with Crippen molar-refractivity contribution < 1.29 is 17.9 Å². The molecule has 0 saturated heterocycles. The van der Waals surface area contributed by atoms with Gasteiger partial charge in [-0.1, -0.05) is 23.2 Å². The Kier molecular flexibility index (Phi) is 7.62. The standard InChI is InChI=1S/C14H19Cl2NO4S/c1-3-21-13(18)5-4-8-17-9-22(19,20)12-7-6-11(15)10(2)14(12)16/h6-7,17H,3-5,8-9H2,1-2H3. The van der Waals surface area contributed by atoms with Crippen LogP contribution >= 0.6 is 23.2 Å². The van der Waals surface area contributed by atoms with Crippen LogP contribution in [-0.4, -0.2) is 33.4 Å². The van der Waals surface area contributed by atoms with E-state index >= 15 is 0 Å². The lowest BCUT2D eigenvalue weighted by atomic mass is 10.2. The van der Waals surface area contributed by atoms with E-state index in [1.165, 1.54) is 12.1 Å². The van der Waals surface area contributed by atoms with Gasteiger partial charge < -0.3 is 10.1 Å². The SMILES string of the molecule is CCOC(=O)CCCNCS(=O)(=O)c1ccc(Cl)c(C)c1Cl. The predicted octanol–water partition coefficient (Wildman–Crippen LogP) is 2.97. The van der Waals surface area contributed by atoms with Crippen molar-refractivity contribution in [3.63, 3.8) is 0 Å². The maximum atomic E-state index is 12.2. The van der Waals surface area contributed by atoms with Crippen molar-refractivity contribution >= 4 is 39.0 Å². The summed E-state index contributed by atoms with van der Waals surface area (Å²) in [6.07, 6.45) is 0.753. The second-order valence-corrected chi connectivity index (χ2v) is 7.40. The Morgan fingerprint density at radius 2 is 2.00 bits per heavy atom. The van der Waals surface area contributed by atoms with Gasteiger partial charge in [-0.2, -0.15) is 0 Å². The third-order valence-corrected chi connectivity index (χ3v) is 5.55. The van der Waals surface area contributed by atoms with E-state index in [0.29, 0.717) is 30.2 Å². The van der Waals surface area contributed by atoms with Gasteiger partial charge in [0.15, 0.2) is 9.84 Å². The molecule has 1 rings (SSSR count). The van der Waals surface area contributed by atoms with Gasteiger partial charge in [0.1, 0.15) is 5.88 Å². The molecule has 22 heavy (non-hydrogen) atoms. The minimum absolute atomic E-state index is 0.0500. The molecule has 0 aromatic heterocycles. The fourth-order valence-corrected chi connectivity index (χ4v) is 3.75. The van der Waals surface area contributed by atoms with Gasteiger partial charge in [-0.25, -0.2) is 8.42 Å². The lowest BCUT2D eigenvalue weighted by molar-refractivity contribution is -0.143. The summed E-state index contributed by atoms with van der Waals surface area (Å²) in [5, 5.41) is 3.36. The van der Waals surface area contributed by atoms with Crippen LogP contribution in [0.15, 0.2) is 17.0 Å². The first-order chi connectivity index (χ1) is 10.3. The zero-order chi connectivity index (χ0) is 16.8. The van der Waals surface area contributed by atoms with Gasteiger partial charge >= 0.3 is 5.97 Å². The maximum Gasteiger partial charge on any atom is 0.305 e. The molecule has 8 heteroatoms. The fraction of sp³-hybridized carbons (Fsp3) is 0.500. The fourth-order valence-electron chi connectivity index (χ4n) is 1.75. The number of ether oxygens (including phenoxy) is 1. The average molecular weight is 368 g/mol. The summed E-state index contributed by atoms with van der Waals surface area (Å²) >= 11 is 11.9. The zero-order valence-corrected chi connectivity index (χ0v) is 14.8. The molecule has 0 fully saturated rings. The molecule has 0 spiro atoms. The Morgan fingerprint density at radius 1 is 1.32 bits per heavy atom. The Hall–Kier alpha value is -0.820. The van der Waals surface area contributed by atoms with Crippen molar-refractivity contribution in [3.05, 3.63) is 27.7 Å². The molecule has 0 unspecified atom stereocenters. The molecule has 1 N–H and O–H groups in total. The molecule has 1 aromatic rings. The molecule has 0 heterocycles. The van der Waals surface area contributed by atoms with Gasteiger partial charge in [0.2, 0.25) is 0 Å². The summed E-state index contributed by atoms with van der Waals surface area (Å²) in [7, 11) is -3.56. The van der Waals surface area contributed by atoms with E-state index in [-0.39, 0.29) is 28.2 Å². The highest BCUT2D eigenvalue weighted by atomic mass is 35.5. The minimum Gasteiger partial charge on any atom is -0.466 e. The highest BCUT2D eigenvalue weighted by Crippen LogP contribution is 2.30. The molecule has 0 bridgehead atoms. The van der Waals surface area contributed by atoms with Crippen LogP contribution in [0.25, 0.3) is 0 Å². The van der Waals surface area contributed by atoms with E-state index in [1.807, 2.05) is 0 Å². The van der Waals surface area contributed by atoms with Crippen LogP contribution in [-0.2, 0) is 19.4 Å². The minimum atomic E-state index is -3.56. The van der Waals surface area contributed by atoms with E-state index in [9.17, 15) is 13.2 Å². The second kappa shape index (κ2) is 8.72. The van der Waals surface area contributed by atoms with Gasteiger partial charge in [0.25, 0.3) is 0 Å². The van der Waals surface area contributed by atoms with Crippen LogP contribution in [0.3, 0.4) is 0 Å². The first-order valence-corrected chi connectivity index (χ1v) is 9.24. The number of carbonyl (C=O) groups excluding carboxylic acids is 1. The third kappa shape index (κ3) is 5.43. The normalized spacial score (nSPS) is 11.5. The van der Waals surface area contributed by atoms with E-state index in [1.54, 1.807) is 13.8 Å². The summed E-state index contributed by atoms with van der Waals surface area (Å²) in [5.41, 5.74) is 0.534. The number of nitrogens with one attached hydrogen (secondary N) is 1. The molecule has 0 atom stereocenters. The van der Waals surface area contributed by atoms with E-state index in [2.05, 4.69) is 5.32 Å². The number of halogens is 2. The lowest BCUT2D eigenvalue weighted by Gasteiger charge is -2.10. The van der Waals surface area contributed by atoms with Gasteiger partial charge in [0.05, 0.1) is 16.5 Å². The molecular formula is C14H19Cl2NO4S. The van der Waals surface area contributed by atoms with Crippen molar-refractivity contribution in [1.29, 1.82) is 0 Å². The number of esters is 1. The molecule has 0 saturated carbocycles. The quantitative estimate of drug-likeness (QED) is 0.564. The first-order valence-electron chi connectivity index (χ1n) is 6.83. The molecule has 0 aliphatic heterocycles. The molecule has 0 radical (unpaired) electrons. The number of hydrogen-bond acceptors (Lipinski definition) is 5.